The second-order valence-electron chi connectivity index (χ2n) is 5.05. The van der Waals surface area contributed by atoms with Crippen molar-refractivity contribution in [3.05, 3.63) is 82.1 Å². The molecule has 0 bridgehead atoms. The van der Waals surface area contributed by atoms with Gasteiger partial charge in [-0.2, -0.15) is 5.10 Å². The molecule has 0 saturated heterocycles. The van der Waals surface area contributed by atoms with Crippen molar-refractivity contribution < 1.29 is 19.8 Å². The summed E-state index contributed by atoms with van der Waals surface area (Å²) in [4.78, 5) is 21.4. The number of hydrogen-bond donors (Lipinski definition) is 2. The normalized spacial score (nSPS) is 9.84. The molecule has 0 aliphatic heterocycles. The van der Waals surface area contributed by atoms with Crippen LogP contribution in [0.1, 0.15) is 26.3 Å². The van der Waals surface area contributed by atoms with Gasteiger partial charge in [-0.25, -0.2) is 14.3 Å². The van der Waals surface area contributed by atoms with Gasteiger partial charge in [0, 0.05) is 16.9 Å². The quantitative estimate of drug-likeness (QED) is 0.689. The highest BCUT2D eigenvalue weighted by atomic mass is 79.9. The highest BCUT2D eigenvalue weighted by Gasteiger charge is 2.14. The van der Waals surface area contributed by atoms with Gasteiger partial charge < -0.3 is 10.2 Å². The smallest absolute Gasteiger partial charge is 0.336 e. The third-order valence-corrected chi connectivity index (χ3v) is 4.31. The summed E-state index contributed by atoms with van der Waals surface area (Å²) in [5, 5.41) is 21.6. The lowest BCUT2D eigenvalue weighted by Gasteiger charge is -2.04. The summed E-state index contributed by atoms with van der Waals surface area (Å²) in [6.45, 7) is 1.64. The lowest BCUT2D eigenvalue weighted by molar-refractivity contribution is 0.0695. The molecule has 0 unspecified atom stereocenters. The Kier molecular flexibility index (Phi) is 6.08. The van der Waals surface area contributed by atoms with Gasteiger partial charge in [-0.1, -0.05) is 18.2 Å². The number of nitrogens with zero attached hydrogens (tertiary/aromatic N) is 2. The number of carbonyl (C=O) groups is 2. The molecule has 2 aromatic carbocycles. The van der Waals surface area contributed by atoms with Crippen molar-refractivity contribution in [2.24, 2.45) is 0 Å². The topological polar surface area (TPSA) is 92.4 Å². The highest BCUT2D eigenvalue weighted by Crippen LogP contribution is 2.23. The zero-order valence-electron chi connectivity index (χ0n) is 13.3. The van der Waals surface area contributed by atoms with E-state index in [1.54, 1.807) is 13.1 Å². The number of aromatic carboxylic acids is 2. The van der Waals surface area contributed by atoms with Gasteiger partial charge in [0.2, 0.25) is 0 Å². The molecule has 2 N–H and O–H groups in total. The van der Waals surface area contributed by atoms with Crippen LogP contribution in [0.2, 0.25) is 0 Å². The Balaban J connectivity index is 0.000000185. The van der Waals surface area contributed by atoms with Crippen molar-refractivity contribution in [3.63, 3.8) is 0 Å². The van der Waals surface area contributed by atoms with Crippen LogP contribution in [0.4, 0.5) is 0 Å². The molecule has 0 saturated carbocycles. The van der Waals surface area contributed by atoms with E-state index < -0.39 is 11.9 Å². The van der Waals surface area contributed by atoms with Gasteiger partial charge >= 0.3 is 11.9 Å². The Labute approximate surface area is 152 Å². The van der Waals surface area contributed by atoms with Crippen LogP contribution in [0.5, 0.6) is 0 Å². The summed E-state index contributed by atoms with van der Waals surface area (Å²) in [7, 11) is 0. The molecular weight excluding hydrogens is 388 g/mol. The molecule has 128 valence electrons. The number of carboxylic acids is 2. The number of aryl methyl sites for hydroxylation is 1. The molecule has 1 heterocycles. The first-order valence-corrected chi connectivity index (χ1v) is 8.01. The SMILES string of the molecule is Cc1cc(C(=O)O)cc(C(=O)O)c1Br.c1ccc(-n2cccn2)cc1. The molecule has 0 radical (unpaired) electrons. The fourth-order valence-electron chi connectivity index (χ4n) is 2.05. The average Bonchev–Trinajstić information content (AvgIpc) is 3.12. The van der Waals surface area contributed by atoms with Crippen LogP contribution in [0.3, 0.4) is 0 Å². The van der Waals surface area contributed by atoms with Crippen molar-refractivity contribution in [3.8, 4) is 5.69 Å². The summed E-state index contributed by atoms with van der Waals surface area (Å²) in [6.07, 6.45) is 3.70. The van der Waals surface area contributed by atoms with Crippen molar-refractivity contribution in [1.82, 2.24) is 9.78 Å². The van der Waals surface area contributed by atoms with E-state index in [9.17, 15) is 9.59 Å². The minimum Gasteiger partial charge on any atom is -0.478 e. The highest BCUT2D eigenvalue weighted by molar-refractivity contribution is 9.10. The molecule has 3 rings (SSSR count). The van der Waals surface area contributed by atoms with E-state index in [0.717, 1.165) is 11.8 Å². The van der Waals surface area contributed by atoms with Crippen LogP contribution in [0.25, 0.3) is 5.69 Å². The predicted molar refractivity (Wildman–Crippen MR) is 96.4 cm³/mol. The second kappa shape index (κ2) is 8.25. The predicted octanol–water partition coefficient (Wildman–Crippen LogP) is 4.03. The maximum absolute atomic E-state index is 10.7. The molecule has 0 fully saturated rings. The lowest BCUT2D eigenvalue weighted by atomic mass is 10.1. The van der Waals surface area contributed by atoms with E-state index in [0.29, 0.717) is 10.0 Å². The van der Waals surface area contributed by atoms with Crippen LogP contribution in [0.15, 0.2) is 65.4 Å². The maximum atomic E-state index is 10.7. The van der Waals surface area contributed by atoms with E-state index in [1.165, 1.54) is 6.07 Å². The zero-order valence-corrected chi connectivity index (χ0v) is 14.8. The van der Waals surface area contributed by atoms with Gasteiger partial charge in [0.25, 0.3) is 0 Å². The van der Waals surface area contributed by atoms with E-state index >= 15 is 0 Å². The van der Waals surface area contributed by atoms with E-state index in [1.807, 2.05) is 47.3 Å². The molecule has 0 aliphatic rings. The van der Waals surface area contributed by atoms with Crippen LogP contribution in [0, 0.1) is 6.92 Å². The Morgan fingerprint density at radius 1 is 1.04 bits per heavy atom. The lowest BCUT2D eigenvalue weighted by Crippen LogP contribution is -2.04. The zero-order chi connectivity index (χ0) is 18.4. The largest absolute Gasteiger partial charge is 0.478 e. The molecule has 3 aromatic rings. The molecule has 7 heteroatoms. The van der Waals surface area contributed by atoms with Gasteiger partial charge in [-0.3, -0.25) is 0 Å². The van der Waals surface area contributed by atoms with Crippen LogP contribution < -0.4 is 0 Å². The molecule has 0 atom stereocenters. The molecule has 0 amide bonds. The Morgan fingerprint density at radius 2 is 1.72 bits per heavy atom. The monoisotopic (exact) mass is 402 g/mol. The molecule has 1 aromatic heterocycles. The molecule has 0 aliphatic carbocycles. The number of para-hydroxylation sites is 1. The third kappa shape index (κ3) is 4.77. The first kappa shape index (κ1) is 18.4. The Bertz CT molecular complexity index is 878. The first-order valence-electron chi connectivity index (χ1n) is 7.22. The molecule has 6 nitrogen and oxygen atoms in total. The first-order chi connectivity index (χ1) is 11.9. The summed E-state index contributed by atoms with van der Waals surface area (Å²) in [5.41, 5.74) is 1.62. The summed E-state index contributed by atoms with van der Waals surface area (Å²) < 4.78 is 2.25. The van der Waals surface area contributed by atoms with Gasteiger partial charge in [0.1, 0.15) is 0 Å². The van der Waals surface area contributed by atoms with Gasteiger partial charge in [0.05, 0.1) is 16.8 Å². The second-order valence-corrected chi connectivity index (χ2v) is 5.84. The van der Waals surface area contributed by atoms with Crippen molar-refractivity contribution >= 4 is 27.9 Å². The molecule has 0 spiro atoms. The minimum atomic E-state index is -1.15. The number of hydrogen-bond acceptors (Lipinski definition) is 3. The number of rotatable bonds is 3. The third-order valence-electron chi connectivity index (χ3n) is 3.26. The van der Waals surface area contributed by atoms with Gasteiger partial charge in [-0.05, 0) is 58.7 Å². The Hall–Kier alpha value is -2.93. The number of carboxylic acid groups (broad SMARTS) is 2. The molecule has 25 heavy (non-hydrogen) atoms. The van der Waals surface area contributed by atoms with E-state index in [2.05, 4.69) is 21.0 Å². The van der Waals surface area contributed by atoms with Crippen LogP contribution in [-0.2, 0) is 0 Å². The van der Waals surface area contributed by atoms with Crippen LogP contribution in [-0.4, -0.2) is 31.9 Å². The number of benzene rings is 2. The standard InChI is InChI=1S/C9H7BrO4.C9H8N2/c1-4-2-5(8(11)12)3-6(7(4)10)9(13)14;1-2-5-9(6-3-1)11-8-4-7-10-11/h2-3H,1H3,(H,11,12)(H,13,14);1-8H. The fraction of sp³-hybridized carbons (Fsp3) is 0.0556. The summed E-state index contributed by atoms with van der Waals surface area (Å²) in [5.74, 6) is -2.29. The van der Waals surface area contributed by atoms with E-state index in [4.69, 9.17) is 10.2 Å². The maximum Gasteiger partial charge on any atom is 0.336 e. The number of halogens is 1. The van der Waals surface area contributed by atoms with Crippen molar-refractivity contribution in [2.75, 3.05) is 0 Å². The van der Waals surface area contributed by atoms with Gasteiger partial charge in [0.15, 0.2) is 0 Å². The van der Waals surface area contributed by atoms with E-state index in [-0.39, 0.29) is 11.1 Å². The van der Waals surface area contributed by atoms with Gasteiger partial charge in [-0.15, -0.1) is 0 Å². The number of aromatic nitrogens is 2. The summed E-state index contributed by atoms with van der Waals surface area (Å²) in [6, 6.07) is 14.5. The van der Waals surface area contributed by atoms with Crippen molar-refractivity contribution in [2.45, 2.75) is 6.92 Å². The molecular formula is C18H15BrN2O4. The average molecular weight is 403 g/mol. The fourth-order valence-corrected chi connectivity index (χ4v) is 2.45. The Morgan fingerprint density at radius 3 is 2.24 bits per heavy atom. The minimum absolute atomic E-state index is 0.0249. The summed E-state index contributed by atoms with van der Waals surface area (Å²) >= 11 is 3.09. The van der Waals surface area contributed by atoms with Crippen LogP contribution >= 0.6 is 15.9 Å². The van der Waals surface area contributed by atoms with Crippen molar-refractivity contribution in [1.29, 1.82) is 0 Å².